The first kappa shape index (κ1) is 14.1. The summed E-state index contributed by atoms with van der Waals surface area (Å²) in [5, 5.41) is 4.08. The molecule has 0 aliphatic heterocycles. The average Bonchev–Trinajstić information content (AvgIpc) is 3.06. The molecule has 0 bridgehead atoms. The zero-order valence-electron chi connectivity index (χ0n) is 12.2. The number of benzene rings is 2. The summed E-state index contributed by atoms with van der Waals surface area (Å²) in [5.74, 6) is 0.393. The van der Waals surface area contributed by atoms with Gasteiger partial charge in [0, 0.05) is 17.2 Å². The van der Waals surface area contributed by atoms with Crippen LogP contribution in [-0.4, -0.2) is 17.7 Å². The van der Waals surface area contributed by atoms with Crippen LogP contribution in [0.25, 0.3) is 22.6 Å². The number of hydrogen-bond acceptors (Lipinski definition) is 4. The number of rotatable bonds is 4. The van der Waals surface area contributed by atoms with Crippen LogP contribution in [0.15, 0.2) is 65.2 Å². The van der Waals surface area contributed by atoms with Crippen molar-refractivity contribution in [3.63, 3.8) is 0 Å². The van der Waals surface area contributed by atoms with E-state index in [1.807, 2.05) is 48.5 Å². The Morgan fingerprint density at radius 2 is 1.77 bits per heavy atom. The van der Waals surface area contributed by atoms with Gasteiger partial charge in [0.25, 0.3) is 0 Å². The van der Waals surface area contributed by atoms with Crippen LogP contribution in [0.4, 0.5) is 0 Å². The number of aromatic nitrogens is 1. The van der Waals surface area contributed by atoms with Crippen LogP contribution in [0.3, 0.4) is 0 Å². The Morgan fingerprint density at radius 3 is 2.45 bits per heavy atom. The monoisotopic (exact) mass is 293 g/mol. The molecule has 1 heterocycles. The predicted octanol–water partition coefficient (Wildman–Crippen LogP) is 4.19. The minimum Gasteiger partial charge on any atom is -0.462 e. The fourth-order valence-electron chi connectivity index (χ4n) is 2.14. The average molecular weight is 293 g/mol. The van der Waals surface area contributed by atoms with E-state index in [1.165, 1.54) is 0 Å². The van der Waals surface area contributed by atoms with Crippen LogP contribution < -0.4 is 0 Å². The van der Waals surface area contributed by atoms with Gasteiger partial charge in [0.15, 0.2) is 5.76 Å². The van der Waals surface area contributed by atoms with Crippen molar-refractivity contribution in [2.75, 3.05) is 6.61 Å². The SMILES string of the molecule is CCOC(=O)c1ccc(-c2cc(-c3ccccc3)on2)cc1. The molecule has 0 aliphatic carbocycles. The Bertz CT molecular complexity index is 761. The van der Waals surface area contributed by atoms with Gasteiger partial charge in [-0.1, -0.05) is 47.6 Å². The van der Waals surface area contributed by atoms with Gasteiger partial charge in [-0.15, -0.1) is 0 Å². The first-order valence-electron chi connectivity index (χ1n) is 7.07. The Morgan fingerprint density at radius 1 is 1.05 bits per heavy atom. The minimum absolute atomic E-state index is 0.320. The molecule has 110 valence electrons. The summed E-state index contributed by atoms with van der Waals surface area (Å²) in [6.45, 7) is 2.15. The minimum atomic E-state index is -0.320. The highest BCUT2D eigenvalue weighted by Gasteiger charge is 2.10. The van der Waals surface area contributed by atoms with Crippen molar-refractivity contribution in [2.45, 2.75) is 6.92 Å². The Kier molecular flexibility index (Phi) is 4.01. The van der Waals surface area contributed by atoms with Crippen molar-refractivity contribution in [3.8, 4) is 22.6 Å². The van der Waals surface area contributed by atoms with Crippen molar-refractivity contribution >= 4 is 5.97 Å². The topological polar surface area (TPSA) is 52.3 Å². The molecule has 0 radical (unpaired) electrons. The second kappa shape index (κ2) is 6.26. The smallest absolute Gasteiger partial charge is 0.338 e. The lowest BCUT2D eigenvalue weighted by molar-refractivity contribution is 0.0526. The van der Waals surface area contributed by atoms with Crippen LogP contribution >= 0.6 is 0 Å². The molecule has 0 fully saturated rings. The van der Waals surface area contributed by atoms with E-state index in [0.717, 1.165) is 16.8 Å². The highest BCUT2D eigenvalue weighted by molar-refractivity contribution is 5.90. The molecular weight excluding hydrogens is 278 g/mol. The molecule has 1 aromatic heterocycles. The summed E-state index contributed by atoms with van der Waals surface area (Å²) >= 11 is 0. The van der Waals surface area contributed by atoms with E-state index in [-0.39, 0.29) is 5.97 Å². The molecule has 0 aliphatic rings. The Balaban J connectivity index is 1.83. The maximum Gasteiger partial charge on any atom is 0.338 e. The van der Waals surface area contributed by atoms with E-state index in [4.69, 9.17) is 9.26 Å². The van der Waals surface area contributed by atoms with Gasteiger partial charge < -0.3 is 9.26 Å². The van der Waals surface area contributed by atoms with Crippen molar-refractivity contribution in [3.05, 3.63) is 66.2 Å². The molecular formula is C18H15NO3. The number of carbonyl (C=O) groups excluding carboxylic acids is 1. The molecule has 0 amide bonds. The van der Waals surface area contributed by atoms with Crippen molar-refractivity contribution in [2.24, 2.45) is 0 Å². The number of nitrogens with zero attached hydrogens (tertiary/aromatic N) is 1. The molecule has 0 spiro atoms. The lowest BCUT2D eigenvalue weighted by Gasteiger charge is -2.02. The highest BCUT2D eigenvalue weighted by Crippen LogP contribution is 2.26. The number of hydrogen-bond donors (Lipinski definition) is 0. The third kappa shape index (κ3) is 2.91. The van der Waals surface area contributed by atoms with Gasteiger partial charge in [-0.05, 0) is 19.1 Å². The maximum absolute atomic E-state index is 11.6. The molecule has 2 aromatic carbocycles. The van der Waals surface area contributed by atoms with Crippen LogP contribution in [0.1, 0.15) is 17.3 Å². The van der Waals surface area contributed by atoms with Gasteiger partial charge in [-0.2, -0.15) is 0 Å². The molecule has 0 saturated carbocycles. The van der Waals surface area contributed by atoms with Gasteiger partial charge in [-0.25, -0.2) is 4.79 Å². The fourth-order valence-corrected chi connectivity index (χ4v) is 2.14. The third-order valence-corrected chi connectivity index (χ3v) is 3.26. The summed E-state index contributed by atoms with van der Waals surface area (Å²) in [4.78, 5) is 11.6. The molecule has 0 unspecified atom stereocenters. The predicted molar refractivity (Wildman–Crippen MR) is 83.3 cm³/mol. The quantitative estimate of drug-likeness (QED) is 0.677. The highest BCUT2D eigenvalue weighted by atomic mass is 16.5. The molecule has 4 heteroatoms. The van der Waals surface area contributed by atoms with E-state index in [0.29, 0.717) is 17.9 Å². The van der Waals surface area contributed by atoms with Gasteiger partial charge in [0.05, 0.1) is 12.2 Å². The third-order valence-electron chi connectivity index (χ3n) is 3.26. The first-order chi connectivity index (χ1) is 10.8. The molecule has 4 nitrogen and oxygen atoms in total. The van der Waals surface area contributed by atoms with Crippen molar-refractivity contribution in [1.29, 1.82) is 0 Å². The Labute approximate surface area is 128 Å². The van der Waals surface area contributed by atoms with E-state index < -0.39 is 0 Å². The van der Waals surface area contributed by atoms with Crippen molar-refractivity contribution in [1.82, 2.24) is 5.16 Å². The molecule has 3 rings (SSSR count). The standard InChI is InChI=1S/C18H15NO3/c1-2-21-18(20)15-10-8-13(9-11-15)16-12-17(22-19-16)14-6-4-3-5-7-14/h3-12H,2H2,1H3. The molecule has 0 saturated heterocycles. The van der Waals surface area contributed by atoms with E-state index in [1.54, 1.807) is 19.1 Å². The largest absolute Gasteiger partial charge is 0.462 e. The number of esters is 1. The summed E-state index contributed by atoms with van der Waals surface area (Å²) in [6.07, 6.45) is 0. The van der Waals surface area contributed by atoms with E-state index >= 15 is 0 Å². The van der Waals surface area contributed by atoms with E-state index in [9.17, 15) is 4.79 Å². The normalized spacial score (nSPS) is 10.4. The second-order valence-corrected chi connectivity index (χ2v) is 4.74. The van der Waals surface area contributed by atoms with Crippen LogP contribution in [0.5, 0.6) is 0 Å². The summed E-state index contributed by atoms with van der Waals surface area (Å²) in [7, 11) is 0. The van der Waals surface area contributed by atoms with Crippen LogP contribution in [-0.2, 0) is 4.74 Å². The summed E-state index contributed by atoms with van der Waals surface area (Å²) in [5.41, 5.74) is 3.12. The zero-order valence-corrected chi connectivity index (χ0v) is 12.2. The lowest BCUT2D eigenvalue weighted by Crippen LogP contribution is -2.03. The van der Waals surface area contributed by atoms with Gasteiger partial charge in [0.2, 0.25) is 0 Å². The molecule has 0 N–H and O–H groups in total. The molecule has 22 heavy (non-hydrogen) atoms. The van der Waals surface area contributed by atoms with Gasteiger partial charge in [0.1, 0.15) is 5.69 Å². The summed E-state index contributed by atoms with van der Waals surface area (Å²) < 4.78 is 10.3. The van der Waals surface area contributed by atoms with Gasteiger partial charge in [-0.3, -0.25) is 0 Å². The Hall–Kier alpha value is -2.88. The van der Waals surface area contributed by atoms with E-state index in [2.05, 4.69) is 5.16 Å². The lowest BCUT2D eigenvalue weighted by atomic mass is 10.1. The van der Waals surface area contributed by atoms with Crippen LogP contribution in [0, 0.1) is 0 Å². The summed E-state index contributed by atoms with van der Waals surface area (Å²) in [6, 6.07) is 18.8. The maximum atomic E-state index is 11.6. The first-order valence-corrected chi connectivity index (χ1v) is 7.07. The van der Waals surface area contributed by atoms with Gasteiger partial charge >= 0.3 is 5.97 Å². The fraction of sp³-hybridized carbons (Fsp3) is 0.111. The second-order valence-electron chi connectivity index (χ2n) is 4.74. The number of carbonyl (C=O) groups is 1. The van der Waals surface area contributed by atoms with Crippen molar-refractivity contribution < 1.29 is 14.1 Å². The number of ether oxygens (including phenoxy) is 1. The molecule has 0 atom stereocenters. The zero-order chi connectivity index (χ0) is 15.4. The molecule has 3 aromatic rings. The van der Waals surface area contributed by atoms with Crippen LogP contribution in [0.2, 0.25) is 0 Å².